The molecule has 1 N–H and O–H groups in total. The Labute approximate surface area is 138 Å². The van der Waals surface area contributed by atoms with Gasteiger partial charge in [-0.05, 0) is 36.5 Å². The van der Waals surface area contributed by atoms with E-state index in [0.717, 1.165) is 29.5 Å². The smallest absolute Gasteiger partial charge is 0.133 e. The minimum Gasteiger partial charge on any atom is -0.486 e. The van der Waals surface area contributed by atoms with Crippen LogP contribution >= 0.6 is 34.7 Å². The number of ether oxygens (including phenoxy) is 1. The highest BCUT2D eigenvalue weighted by Crippen LogP contribution is 2.40. The summed E-state index contributed by atoms with van der Waals surface area (Å²) in [6, 6.07) is 10.3. The van der Waals surface area contributed by atoms with Crippen LogP contribution in [0, 0.1) is 0 Å². The lowest BCUT2D eigenvalue weighted by molar-refractivity contribution is 0.168. The van der Waals surface area contributed by atoms with E-state index < -0.39 is 0 Å². The van der Waals surface area contributed by atoms with Gasteiger partial charge in [-0.1, -0.05) is 30.7 Å². The summed E-state index contributed by atoms with van der Waals surface area (Å²) in [5, 5.41) is 6.48. The number of halogens is 1. The topological polar surface area (TPSA) is 21.3 Å². The monoisotopic (exact) mass is 339 g/mol. The van der Waals surface area contributed by atoms with E-state index in [-0.39, 0.29) is 12.1 Å². The zero-order valence-electron chi connectivity index (χ0n) is 11.8. The summed E-state index contributed by atoms with van der Waals surface area (Å²) < 4.78 is 6.23. The van der Waals surface area contributed by atoms with Crippen molar-refractivity contribution >= 4 is 34.7 Å². The molecule has 5 heteroatoms. The Morgan fingerprint density at radius 1 is 1.38 bits per heavy atom. The molecule has 1 aliphatic rings. The van der Waals surface area contributed by atoms with E-state index in [9.17, 15) is 0 Å². The number of thiophene rings is 1. The van der Waals surface area contributed by atoms with Crippen LogP contribution in [0.1, 0.15) is 24.3 Å². The van der Waals surface area contributed by atoms with Crippen LogP contribution in [-0.2, 0) is 0 Å². The second-order valence-corrected chi connectivity index (χ2v) is 7.40. The van der Waals surface area contributed by atoms with Crippen molar-refractivity contribution in [2.24, 2.45) is 0 Å². The summed E-state index contributed by atoms with van der Waals surface area (Å²) >= 11 is 9.90. The number of para-hydroxylation sites is 1. The Balaban J connectivity index is 1.83. The average molecular weight is 340 g/mol. The predicted octanol–water partition coefficient (Wildman–Crippen LogP) is 5.00. The molecule has 0 radical (unpaired) electrons. The Morgan fingerprint density at radius 2 is 2.24 bits per heavy atom. The maximum Gasteiger partial charge on any atom is 0.133 e. The molecule has 0 saturated heterocycles. The van der Waals surface area contributed by atoms with E-state index in [2.05, 4.69) is 24.4 Å². The van der Waals surface area contributed by atoms with Crippen LogP contribution in [0.5, 0.6) is 5.75 Å². The van der Waals surface area contributed by atoms with Crippen molar-refractivity contribution in [1.29, 1.82) is 0 Å². The minimum absolute atomic E-state index is 0.104. The molecule has 0 spiro atoms. The van der Waals surface area contributed by atoms with Gasteiger partial charge in [-0.3, -0.25) is 0 Å². The predicted molar refractivity (Wildman–Crippen MR) is 91.9 cm³/mol. The molecule has 1 aliphatic heterocycles. The van der Waals surface area contributed by atoms with Crippen molar-refractivity contribution < 1.29 is 4.74 Å². The zero-order valence-corrected chi connectivity index (χ0v) is 14.2. The molecule has 0 aliphatic carbocycles. The van der Waals surface area contributed by atoms with Crippen LogP contribution in [0.3, 0.4) is 0 Å². The molecule has 0 fully saturated rings. The summed E-state index contributed by atoms with van der Waals surface area (Å²) in [6.45, 7) is 3.14. The SMILES string of the molecule is CCCNC(c1sccc1Cl)C1CSc2ccccc2O1. The number of thioether (sulfide) groups is 1. The molecule has 1 aromatic carbocycles. The van der Waals surface area contributed by atoms with Gasteiger partial charge in [-0.2, -0.15) is 0 Å². The lowest BCUT2D eigenvalue weighted by atomic mass is 10.1. The number of hydrogen-bond donors (Lipinski definition) is 1. The quantitative estimate of drug-likeness (QED) is 0.828. The van der Waals surface area contributed by atoms with E-state index in [1.807, 2.05) is 35.3 Å². The van der Waals surface area contributed by atoms with Crippen LogP contribution in [0.25, 0.3) is 0 Å². The number of rotatable bonds is 5. The van der Waals surface area contributed by atoms with Crippen molar-refractivity contribution in [3.05, 3.63) is 45.6 Å². The zero-order chi connectivity index (χ0) is 14.7. The van der Waals surface area contributed by atoms with Gasteiger partial charge in [0.15, 0.2) is 0 Å². The molecule has 0 saturated carbocycles. The molecule has 0 bridgehead atoms. The van der Waals surface area contributed by atoms with E-state index in [4.69, 9.17) is 16.3 Å². The van der Waals surface area contributed by atoms with Gasteiger partial charge in [0.05, 0.1) is 11.1 Å². The molecule has 2 aromatic rings. The molecule has 0 amide bonds. The van der Waals surface area contributed by atoms with E-state index in [1.54, 1.807) is 11.3 Å². The fourth-order valence-corrected chi connectivity index (χ4v) is 4.76. The Kier molecular flexibility index (Phi) is 5.11. The number of hydrogen-bond acceptors (Lipinski definition) is 4. The number of benzene rings is 1. The van der Waals surface area contributed by atoms with E-state index >= 15 is 0 Å². The third-order valence-electron chi connectivity index (χ3n) is 3.44. The van der Waals surface area contributed by atoms with Gasteiger partial charge in [-0.25, -0.2) is 0 Å². The standard InChI is InChI=1S/C16H18ClNOS2/c1-2-8-18-15(16-11(17)7-9-20-16)13-10-21-14-6-4-3-5-12(14)19-13/h3-7,9,13,15,18H,2,8,10H2,1H3. The third kappa shape index (κ3) is 3.39. The second-order valence-electron chi connectivity index (χ2n) is 4.98. The first-order valence-electron chi connectivity index (χ1n) is 7.14. The number of fused-ring (bicyclic) bond motifs is 1. The lowest BCUT2D eigenvalue weighted by Gasteiger charge is -2.32. The van der Waals surface area contributed by atoms with E-state index in [1.165, 1.54) is 9.77 Å². The molecular weight excluding hydrogens is 322 g/mol. The van der Waals surface area contributed by atoms with Gasteiger partial charge in [0.25, 0.3) is 0 Å². The van der Waals surface area contributed by atoms with Crippen molar-refractivity contribution in [1.82, 2.24) is 5.32 Å². The Hall–Kier alpha value is -0.680. The maximum absolute atomic E-state index is 6.34. The normalized spacial score (nSPS) is 18.9. The molecule has 112 valence electrons. The third-order valence-corrected chi connectivity index (χ3v) is 6.03. The summed E-state index contributed by atoms with van der Waals surface area (Å²) in [6.07, 6.45) is 1.20. The van der Waals surface area contributed by atoms with Crippen molar-refractivity contribution in [2.75, 3.05) is 12.3 Å². The first-order valence-corrected chi connectivity index (χ1v) is 9.38. The fraction of sp³-hybridized carbons (Fsp3) is 0.375. The van der Waals surface area contributed by atoms with Crippen LogP contribution in [-0.4, -0.2) is 18.4 Å². The highest BCUT2D eigenvalue weighted by atomic mass is 35.5. The minimum atomic E-state index is 0.104. The average Bonchev–Trinajstić information content (AvgIpc) is 2.94. The molecule has 2 atom stereocenters. The second kappa shape index (κ2) is 7.05. The summed E-state index contributed by atoms with van der Waals surface area (Å²) in [5.41, 5.74) is 0. The first-order chi connectivity index (χ1) is 10.3. The molecule has 21 heavy (non-hydrogen) atoms. The molecule has 2 heterocycles. The highest BCUT2D eigenvalue weighted by molar-refractivity contribution is 7.99. The molecular formula is C16H18ClNOS2. The lowest BCUT2D eigenvalue weighted by Crippen LogP contribution is -2.39. The summed E-state index contributed by atoms with van der Waals surface area (Å²) in [5.74, 6) is 1.92. The van der Waals surface area contributed by atoms with Crippen LogP contribution in [0.2, 0.25) is 5.02 Å². The highest BCUT2D eigenvalue weighted by Gasteiger charge is 2.31. The van der Waals surface area contributed by atoms with Crippen molar-refractivity contribution in [3.63, 3.8) is 0 Å². The first kappa shape index (κ1) is 15.2. The van der Waals surface area contributed by atoms with E-state index in [0.29, 0.717) is 0 Å². The van der Waals surface area contributed by atoms with Gasteiger partial charge in [0, 0.05) is 15.5 Å². The largest absolute Gasteiger partial charge is 0.486 e. The van der Waals surface area contributed by atoms with Gasteiger partial charge >= 0.3 is 0 Å². The maximum atomic E-state index is 6.34. The van der Waals surface area contributed by atoms with Crippen LogP contribution in [0.15, 0.2) is 40.6 Å². The van der Waals surface area contributed by atoms with Crippen molar-refractivity contribution in [3.8, 4) is 5.75 Å². The van der Waals surface area contributed by atoms with Gasteiger partial charge < -0.3 is 10.1 Å². The Morgan fingerprint density at radius 3 is 3.00 bits per heavy atom. The summed E-state index contributed by atoms with van der Waals surface area (Å²) in [4.78, 5) is 2.40. The Bertz CT molecular complexity index is 601. The van der Waals surface area contributed by atoms with Gasteiger partial charge in [0.2, 0.25) is 0 Å². The molecule has 3 rings (SSSR count). The number of nitrogens with one attached hydrogen (secondary N) is 1. The molecule has 2 nitrogen and oxygen atoms in total. The van der Waals surface area contributed by atoms with Gasteiger partial charge in [-0.15, -0.1) is 23.1 Å². The molecule has 2 unspecified atom stereocenters. The molecule has 1 aromatic heterocycles. The van der Waals surface area contributed by atoms with Crippen LogP contribution in [0.4, 0.5) is 0 Å². The van der Waals surface area contributed by atoms with Gasteiger partial charge in [0.1, 0.15) is 11.9 Å². The summed E-state index contributed by atoms with van der Waals surface area (Å²) in [7, 11) is 0. The van der Waals surface area contributed by atoms with Crippen LogP contribution < -0.4 is 10.1 Å². The fourth-order valence-electron chi connectivity index (χ4n) is 2.42. The van der Waals surface area contributed by atoms with Crippen molar-refractivity contribution in [2.45, 2.75) is 30.4 Å².